The average Bonchev–Trinajstić information content (AvgIpc) is 3.04. The maximum absolute atomic E-state index is 5.93. The highest BCUT2D eigenvalue weighted by Gasteiger charge is 2.10. The van der Waals surface area contributed by atoms with Crippen molar-refractivity contribution in [3.8, 4) is 0 Å². The van der Waals surface area contributed by atoms with Crippen LogP contribution in [0.2, 0.25) is 5.28 Å². The molecule has 0 saturated carbocycles. The predicted molar refractivity (Wildman–Crippen MR) is 85.4 cm³/mol. The maximum Gasteiger partial charge on any atom is 0.226 e. The third-order valence-electron chi connectivity index (χ3n) is 3.63. The largest absolute Gasteiger partial charge is 0.340 e. The normalized spacial score (nSPS) is 11.4. The summed E-state index contributed by atoms with van der Waals surface area (Å²) in [6, 6.07) is 5.97. The number of nitrogens with zero attached hydrogens (tertiary/aromatic N) is 5. The average molecular weight is 314 g/mol. The van der Waals surface area contributed by atoms with Crippen LogP contribution < -0.4 is 5.32 Å². The molecule has 22 heavy (non-hydrogen) atoms. The Morgan fingerprint density at radius 2 is 2.09 bits per heavy atom. The Labute approximate surface area is 130 Å². The highest BCUT2D eigenvalue weighted by atomic mass is 35.5. The minimum Gasteiger partial charge on any atom is -0.340 e. The Bertz CT molecular complexity index is 1000. The number of hydrogen-bond acceptors (Lipinski definition) is 5. The van der Waals surface area contributed by atoms with E-state index < -0.39 is 0 Å². The minimum absolute atomic E-state index is 0.150. The first kappa shape index (κ1) is 13.0. The summed E-state index contributed by atoms with van der Waals surface area (Å²) in [5.41, 5.74) is 4.11. The zero-order valence-electron chi connectivity index (χ0n) is 11.9. The maximum atomic E-state index is 5.93. The van der Waals surface area contributed by atoms with E-state index in [2.05, 4.69) is 30.2 Å². The number of aromatic nitrogens is 6. The van der Waals surface area contributed by atoms with Crippen molar-refractivity contribution in [1.82, 2.24) is 29.5 Å². The number of aryl methyl sites for hydroxylation is 2. The second-order valence-corrected chi connectivity index (χ2v) is 5.33. The number of imidazole rings is 2. The number of hydrogen-bond donors (Lipinski definition) is 2. The number of halogens is 1. The summed E-state index contributed by atoms with van der Waals surface area (Å²) >= 11 is 5.93. The molecule has 2 N–H and O–H groups in total. The zero-order valence-corrected chi connectivity index (χ0v) is 12.7. The van der Waals surface area contributed by atoms with Crippen LogP contribution >= 0.6 is 11.6 Å². The van der Waals surface area contributed by atoms with E-state index in [0.29, 0.717) is 17.0 Å². The van der Waals surface area contributed by atoms with E-state index in [1.165, 1.54) is 0 Å². The summed E-state index contributed by atoms with van der Waals surface area (Å²) in [5, 5.41) is 3.39. The molecule has 3 heterocycles. The van der Waals surface area contributed by atoms with Crippen molar-refractivity contribution >= 4 is 45.3 Å². The molecule has 0 saturated heterocycles. The molecule has 0 atom stereocenters. The highest BCUT2D eigenvalue weighted by molar-refractivity contribution is 6.28. The molecule has 7 nitrogen and oxygen atoms in total. The molecule has 0 aliphatic carbocycles. The summed E-state index contributed by atoms with van der Waals surface area (Å²) in [4.78, 5) is 19.9. The van der Waals surface area contributed by atoms with Crippen molar-refractivity contribution in [1.29, 1.82) is 0 Å². The Hall–Kier alpha value is -2.67. The molecule has 0 aliphatic heterocycles. The van der Waals surface area contributed by atoms with E-state index in [-0.39, 0.29) is 5.28 Å². The first-order valence-electron chi connectivity index (χ1n) is 6.68. The number of anilines is 2. The molecule has 0 fully saturated rings. The first-order valence-corrected chi connectivity index (χ1v) is 7.06. The predicted octanol–water partition coefficient (Wildman–Crippen LogP) is 2.95. The molecule has 0 spiro atoms. The van der Waals surface area contributed by atoms with Crippen LogP contribution in [-0.4, -0.2) is 29.5 Å². The first-order chi connectivity index (χ1) is 10.6. The van der Waals surface area contributed by atoms with Gasteiger partial charge in [-0.05, 0) is 36.7 Å². The number of fused-ring (bicyclic) bond motifs is 2. The number of nitrogens with one attached hydrogen (secondary N) is 2. The standard InChI is InChI=1S/C14H12ClN7/c1-7-18-9-5-8(3-4-10(9)22(7)2)19-13-11-12(17-6-16-11)20-14(15)21-13/h3-6H,1-2H3,(H2,16,17,19,20,21). The third-order valence-corrected chi connectivity index (χ3v) is 3.79. The molecule has 110 valence electrons. The lowest BCUT2D eigenvalue weighted by Gasteiger charge is -2.06. The van der Waals surface area contributed by atoms with Crippen molar-refractivity contribution in [2.45, 2.75) is 6.92 Å². The summed E-state index contributed by atoms with van der Waals surface area (Å²) < 4.78 is 2.05. The SMILES string of the molecule is Cc1nc2cc(Nc3nc(Cl)nc4nc[nH]c34)ccc2n1C. The Morgan fingerprint density at radius 3 is 2.95 bits per heavy atom. The topological polar surface area (TPSA) is 84.3 Å². The van der Waals surface area contributed by atoms with E-state index in [0.717, 1.165) is 22.5 Å². The monoisotopic (exact) mass is 313 g/mol. The number of benzene rings is 1. The number of aromatic amines is 1. The van der Waals surface area contributed by atoms with Crippen LogP contribution in [0.4, 0.5) is 11.5 Å². The van der Waals surface area contributed by atoms with Gasteiger partial charge < -0.3 is 14.9 Å². The van der Waals surface area contributed by atoms with Gasteiger partial charge in [0.15, 0.2) is 11.5 Å². The van der Waals surface area contributed by atoms with E-state index in [9.17, 15) is 0 Å². The van der Waals surface area contributed by atoms with Gasteiger partial charge in [-0.2, -0.15) is 9.97 Å². The Morgan fingerprint density at radius 1 is 1.23 bits per heavy atom. The molecule has 3 aromatic heterocycles. The van der Waals surface area contributed by atoms with Crippen molar-refractivity contribution < 1.29 is 0 Å². The second-order valence-electron chi connectivity index (χ2n) is 4.99. The number of rotatable bonds is 2. The van der Waals surface area contributed by atoms with Crippen LogP contribution in [0.1, 0.15) is 5.82 Å². The summed E-state index contributed by atoms with van der Waals surface area (Å²) in [7, 11) is 2.00. The lowest BCUT2D eigenvalue weighted by molar-refractivity contribution is 0.886. The molecule has 4 rings (SSSR count). The van der Waals surface area contributed by atoms with Gasteiger partial charge in [0.25, 0.3) is 0 Å². The van der Waals surface area contributed by atoms with Crippen LogP contribution in [0, 0.1) is 6.92 Å². The zero-order chi connectivity index (χ0) is 15.3. The third kappa shape index (κ3) is 1.98. The molecule has 0 amide bonds. The summed E-state index contributed by atoms with van der Waals surface area (Å²) in [6.07, 6.45) is 1.56. The van der Waals surface area contributed by atoms with Gasteiger partial charge in [0.05, 0.1) is 17.4 Å². The van der Waals surface area contributed by atoms with Gasteiger partial charge in [-0.1, -0.05) is 0 Å². The highest BCUT2D eigenvalue weighted by Crippen LogP contribution is 2.25. The van der Waals surface area contributed by atoms with Gasteiger partial charge in [-0.15, -0.1) is 0 Å². The molecule has 1 aromatic carbocycles. The molecule has 0 bridgehead atoms. The van der Waals surface area contributed by atoms with E-state index in [1.54, 1.807) is 6.33 Å². The van der Waals surface area contributed by atoms with Gasteiger partial charge >= 0.3 is 0 Å². The van der Waals surface area contributed by atoms with Gasteiger partial charge in [0.2, 0.25) is 5.28 Å². The van der Waals surface area contributed by atoms with Gasteiger partial charge in [0, 0.05) is 12.7 Å². The smallest absolute Gasteiger partial charge is 0.226 e. The van der Waals surface area contributed by atoms with Gasteiger partial charge in [-0.25, -0.2) is 9.97 Å². The molecular weight excluding hydrogens is 302 g/mol. The van der Waals surface area contributed by atoms with Gasteiger partial charge in [-0.3, -0.25) is 0 Å². The van der Waals surface area contributed by atoms with Crippen LogP contribution in [0.3, 0.4) is 0 Å². The fourth-order valence-electron chi connectivity index (χ4n) is 2.43. The van der Waals surface area contributed by atoms with Crippen LogP contribution in [-0.2, 0) is 7.05 Å². The Balaban J connectivity index is 1.80. The van der Waals surface area contributed by atoms with E-state index >= 15 is 0 Å². The molecule has 0 unspecified atom stereocenters. The lowest BCUT2D eigenvalue weighted by Crippen LogP contribution is -1.97. The van der Waals surface area contributed by atoms with E-state index in [1.807, 2.05) is 36.7 Å². The van der Waals surface area contributed by atoms with Crippen molar-refractivity contribution in [2.24, 2.45) is 7.05 Å². The number of H-pyrrole nitrogens is 1. The van der Waals surface area contributed by atoms with E-state index in [4.69, 9.17) is 11.6 Å². The molecule has 4 aromatic rings. The van der Waals surface area contributed by atoms with Crippen molar-refractivity contribution in [2.75, 3.05) is 5.32 Å². The fraction of sp³-hybridized carbons (Fsp3) is 0.143. The molecule has 8 heteroatoms. The molecule has 0 radical (unpaired) electrons. The minimum atomic E-state index is 0.150. The second kappa shape index (κ2) is 4.67. The lowest BCUT2D eigenvalue weighted by atomic mass is 10.2. The Kier molecular flexibility index (Phi) is 2.77. The van der Waals surface area contributed by atoms with Crippen LogP contribution in [0.25, 0.3) is 22.2 Å². The van der Waals surface area contributed by atoms with Crippen molar-refractivity contribution in [3.63, 3.8) is 0 Å². The van der Waals surface area contributed by atoms with Crippen LogP contribution in [0.5, 0.6) is 0 Å². The van der Waals surface area contributed by atoms with Gasteiger partial charge in [0.1, 0.15) is 11.3 Å². The van der Waals surface area contributed by atoms with Crippen molar-refractivity contribution in [3.05, 3.63) is 35.6 Å². The fourth-order valence-corrected chi connectivity index (χ4v) is 2.60. The summed E-state index contributed by atoms with van der Waals surface area (Å²) in [5.74, 6) is 1.55. The molecular formula is C14H12ClN7. The summed E-state index contributed by atoms with van der Waals surface area (Å²) in [6.45, 7) is 1.98. The van der Waals surface area contributed by atoms with Crippen LogP contribution in [0.15, 0.2) is 24.5 Å². The molecule has 0 aliphatic rings. The quantitative estimate of drug-likeness (QED) is 0.556.